The van der Waals surface area contributed by atoms with Crippen LogP contribution in [0.3, 0.4) is 0 Å². The largest absolute Gasteiger partial charge is 0.342 e. The second-order valence-corrected chi connectivity index (χ2v) is 5.31. The van der Waals surface area contributed by atoms with Crippen LogP contribution in [0.4, 0.5) is 0 Å². The van der Waals surface area contributed by atoms with E-state index < -0.39 is 0 Å². The number of halogens is 1. The molecule has 0 bridgehead atoms. The Balaban J connectivity index is 2.82. The number of thiol groups is 1. The molecule has 1 aromatic rings. The van der Waals surface area contributed by atoms with Crippen LogP contribution in [-0.2, 0) is 4.79 Å². The molecule has 0 atom stereocenters. The third-order valence-electron chi connectivity index (χ3n) is 3.02. The molecule has 0 heterocycles. The van der Waals surface area contributed by atoms with E-state index in [-0.39, 0.29) is 18.4 Å². The van der Waals surface area contributed by atoms with Gasteiger partial charge in [-0.25, -0.2) is 0 Å². The summed E-state index contributed by atoms with van der Waals surface area (Å²) in [6.07, 6.45) is 0. The highest BCUT2D eigenvalue weighted by Crippen LogP contribution is 2.20. The number of benzene rings is 1. The van der Waals surface area contributed by atoms with Gasteiger partial charge in [-0.3, -0.25) is 9.59 Å². The van der Waals surface area contributed by atoms with E-state index in [0.717, 1.165) is 0 Å². The summed E-state index contributed by atoms with van der Waals surface area (Å²) in [5.74, 6) is -0.365. The maximum absolute atomic E-state index is 12.3. The first-order valence-electron chi connectivity index (χ1n) is 6.42. The van der Waals surface area contributed by atoms with Crippen molar-refractivity contribution < 1.29 is 9.59 Å². The molecule has 0 spiro atoms. The van der Waals surface area contributed by atoms with Gasteiger partial charge in [-0.15, -0.1) is 12.6 Å². The van der Waals surface area contributed by atoms with Crippen LogP contribution in [0, 0.1) is 0 Å². The van der Waals surface area contributed by atoms with Crippen molar-refractivity contribution in [3.05, 3.63) is 28.8 Å². The van der Waals surface area contributed by atoms with Crippen molar-refractivity contribution in [3.8, 4) is 0 Å². The maximum Gasteiger partial charge on any atom is 0.255 e. The maximum atomic E-state index is 12.3. The normalized spacial score (nSPS) is 10.2. The number of likely N-dealkylation sites (N-methyl/N-ethyl adjacent to an activating group) is 2. The van der Waals surface area contributed by atoms with E-state index in [9.17, 15) is 9.59 Å². The van der Waals surface area contributed by atoms with E-state index in [2.05, 4.69) is 12.6 Å². The number of hydrogen-bond donors (Lipinski definition) is 1. The predicted octanol–water partition coefficient (Wildman–Crippen LogP) is 2.57. The molecule has 0 saturated carbocycles. The Labute approximate surface area is 130 Å². The molecule has 110 valence electrons. The van der Waals surface area contributed by atoms with Gasteiger partial charge in [-0.2, -0.15) is 0 Å². The van der Waals surface area contributed by atoms with E-state index in [4.69, 9.17) is 11.6 Å². The summed E-state index contributed by atoms with van der Waals surface area (Å²) < 4.78 is 0. The first kappa shape index (κ1) is 16.9. The van der Waals surface area contributed by atoms with Crippen molar-refractivity contribution in [2.24, 2.45) is 0 Å². The number of hydrogen-bond acceptors (Lipinski definition) is 3. The number of carbonyl (C=O) groups excluding carboxylic acids is 2. The smallest absolute Gasteiger partial charge is 0.255 e. The summed E-state index contributed by atoms with van der Waals surface area (Å²) in [4.78, 5) is 28.0. The molecule has 0 unspecified atom stereocenters. The third-order valence-corrected chi connectivity index (χ3v) is 3.62. The predicted molar refractivity (Wildman–Crippen MR) is 83.6 cm³/mol. The zero-order valence-electron chi connectivity index (χ0n) is 11.9. The lowest BCUT2D eigenvalue weighted by atomic mass is 10.2. The highest BCUT2D eigenvalue weighted by atomic mass is 35.5. The van der Waals surface area contributed by atoms with Gasteiger partial charge in [0, 0.05) is 25.0 Å². The van der Waals surface area contributed by atoms with E-state index in [1.807, 2.05) is 13.8 Å². The van der Waals surface area contributed by atoms with E-state index in [1.165, 1.54) is 4.90 Å². The molecular formula is C14H19ClN2O2S. The Morgan fingerprint density at radius 3 is 2.40 bits per heavy atom. The quantitative estimate of drug-likeness (QED) is 0.849. The monoisotopic (exact) mass is 314 g/mol. The lowest BCUT2D eigenvalue weighted by Crippen LogP contribution is -2.41. The van der Waals surface area contributed by atoms with Crippen LogP contribution in [0.2, 0.25) is 5.02 Å². The Bertz CT molecular complexity index is 504. The minimum Gasteiger partial charge on any atom is -0.342 e. The molecule has 0 N–H and O–H groups in total. The fraction of sp³-hybridized carbons (Fsp3) is 0.429. The van der Waals surface area contributed by atoms with E-state index in [1.54, 1.807) is 30.1 Å². The van der Waals surface area contributed by atoms with Crippen LogP contribution in [0.5, 0.6) is 0 Å². The molecule has 2 amide bonds. The lowest BCUT2D eigenvalue weighted by Gasteiger charge is -2.23. The van der Waals surface area contributed by atoms with Crippen molar-refractivity contribution in [2.45, 2.75) is 18.7 Å². The Morgan fingerprint density at radius 2 is 1.85 bits per heavy atom. The van der Waals surface area contributed by atoms with Crippen LogP contribution in [0.1, 0.15) is 24.2 Å². The molecule has 6 heteroatoms. The number of nitrogens with zero attached hydrogens (tertiary/aromatic N) is 2. The zero-order valence-corrected chi connectivity index (χ0v) is 13.5. The van der Waals surface area contributed by atoms with Crippen LogP contribution >= 0.6 is 24.2 Å². The van der Waals surface area contributed by atoms with Crippen molar-refractivity contribution in [1.29, 1.82) is 0 Å². The fourth-order valence-corrected chi connectivity index (χ4v) is 2.24. The molecule has 20 heavy (non-hydrogen) atoms. The van der Waals surface area contributed by atoms with Gasteiger partial charge in [0.2, 0.25) is 5.91 Å². The summed E-state index contributed by atoms with van der Waals surface area (Å²) in [6.45, 7) is 5.11. The van der Waals surface area contributed by atoms with Crippen molar-refractivity contribution in [3.63, 3.8) is 0 Å². The van der Waals surface area contributed by atoms with E-state index in [0.29, 0.717) is 28.6 Å². The SMILES string of the molecule is CCN(CC)C(=O)CN(C)C(=O)c1cc(S)ccc1Cl. The molecule has 0 radical (unpaired) electrons. The lowest BCUT2D eigenvalue weighted by molar-refractivity contribution is -0.131. The summed E-state index contributed by atoms with van der Waals surface area (Å²) in [6, 6.07) is 4.94. The van der Waals surface area contributed by atoms with Gasteiger partial charge >= 0.3 is 0 Å². The number of rotatable bonds is 5. The first-order valence-corrected chi connectivity index (χ1v) is 7.24. The molecule has 4 nitrogen and oxygen atoms in total. The molecule has 1 aromatic carbocycles. The molecule has 0 aliphatic heterocycles. The first-order chi connectivity index (χ1) is 9.40. The van der Waals surface area contributed by atoms with Gasteiger partial charge < -0.3 is 9.80 Å². The summed E-state index contributed by atoms with van der Waals surface area (Å²) in [7, 11) is 1.59. The van der Waals surface area contributed by atoms with Crippen LogP contribution in [-0.4, -0.2) is 48.3 Å². The van der Waals surface area contributed by atoms with Crippen LogP contribution < -0.4 is 0 Å². The highest BCUT2D eigenvalue weighted by Gasteiger charge is 2.19. The molecule has 0 fully saturated rings. The number of carbonyl (C=O) groups is 2. The molecule has 1 rings (SSSR count). The van der Waals surface area contributed by atoms with Gasteiger partial charge in [0.25, 0.3) is 5.91 Å². The molecule has 0 aromatic heterocycles. The fourth-order valence-electron chi connectivity index (χ4n) is 1.83. The van der Waals surface area contributed by atoms with Gasteiger partial charge in [0.1, 0.15) is 0 Å². The summed E-state index contributed by atoms with van der Waals surface area (Å²) in [5.41, 5.74) is 0.356. The standard InChI is InChI=1S/C14H19ClN2O2S/c1-4-17(5-2)13(18)9-16(3)14(19)11-8-10(20)6-7-12(11)15/h6-8,20H,4-5,9H2,1-3H3. The number of amides is 2. The van der Waals surface area contributed by atoms with Crippen molar-refractivity contribution in [2.75, 3.05) is 26.7 Å². The third kappa shape index (κ3) is 4.15. The van der Waals surface area contributed by atoms with Gasteiger partial charge in [0.05, 0.1) is 17.1 Å². The Morgan fingerprint density at radius 1 is 1.25 bits per heavy atom. The minimum atomic E-state index is -0.286. The van der Waals surface area contributed by atoms with Gasteiger partial charge in [0.15, 0.2) is 0 Å². The Hall–Kier alpha value is -1.20. The van der Waals surface area contributed by atoms with Gasteiger partial charge in [-0.05, 0) is 32.0 Å². The van der Waals surface area contributed by atoms with Gasteiger partial charge in [-0.1, -0.05) is 11.6 Å². The van der Waals surface area contributed by atoms with Crippen molar-refractivity contribution >= 4 is 36.0 Å². The van der Waals surface area contributed by atoms with Crippen molar-refractivity contribution in [1.82, 2.24) is 9.80 Å². The average molecular weight is 315 g/mol. The second-order valence-electron chi connectivity index (χ2n) is 4.39. The van der Waals surface area contributed by atoms with Crippen LogP contribution in [0.15, 0.2) is 23.1 Å². The topological polar surface area (TPSA) is 40.6 Å². The summed E-state index contributed by atoms with van der Waals surface area (Å²) >= 11 is 10.2. The average Bonchev–Trinajstić information content (AvgIpc) is 2.42. The second kappa shape index (κ2) is 7.55. The molecule has 0 aliphatic carbocycles. The summed E-state index contributed by atoms with van der Waals surface area (Å²) in [5, 5.41) is 0.356. The highest BCUT2D eigenvalue weighted by molar-refractivity contribution is 7.80. The van der Waals surface area contributed by atoms with Crippen LogP contribution in [0.25, 0.3) is 0 Å². The zero-order chi connectivity index (χ0) is 15.3. The Kier molecular flexibility index (Phi) is 6.36. The molecule has 0 aliphatic rings. The minimum absolute atomic E-state index is 0.0354. The molecule has 0 saturated heterocycles. The molecular weight excluding hydrogens is 296 g/mol. The van der Waals surface area contributed by atoms with E-state index >= 15 is 0 Å².